The van der Waals surface area contributed by atoms with Crippen LogP contribution in [0, 0.1) is 5.82 Å². The first-order chi connectivity index (χ1) is 9.15. The Morgan fingerprint density at radius 1 is 1.21 bits per heavy atom. The number of carbonyl (C=O) groups is 1. The van der Waals surface area contributed by atoms with E-state index in [-0.39, 0.29) is 12.2 Å². The Balaban J connectivity index is 2.01. The van der Waals surface area contributed by atoms with Crippen molar-refractivity contribution in [2.24, 2.45) is 0 Å². The lowest BCUT2D eigenvalue weighted by molar-refractivity contribution is 0.0846. The van der Waals surface area contributed by atoms with Crippen LogP contribution in [0.25, 0.3) is 0 Å². The summed E-state index contributed by atoms with van der Waals surface area (Å²) in [5.74, 6) is 0.0240. The lowest BCUT2D eigenvalue weighted by Gasteiger charge is -2.25. The minimum atomic E-state index is -0.624. The molecule has 0 spiro atoms. The Kier molecular flexibility index (Phi) is 2.99. The van der Waals surface area contributed by atoms with Gasteiger partial charge in [-0.25, -0.2) is 4.39 Å². The number of hydrogen-bond donors (Lipinski definition) is 0. The molecular weight excluding hydrogens is 267 g/mol. The number of halogens is 2. The minimum absolute atomic E-state index is 0.0498. The van der Waals surface area contributed by atoms with Crippen molar-refractivity contribution in [2.45, 2.75) is 12.5 Å². The van der Waals surface area contributed by atoms with Crippen LogP contribution in [0.4, 0.5) is 4.39 Å². The predicted octanol–water partition coefficient (Wildman–Crippen LogP) is 4.19. The van der Waals surface area contributed by atoms with Crippen LogP contribution in [0.1, 0.15) is 28.4 Å². The number of benzene rings is 2. The second kappa shape index (κ2) is 4.67. The largest absolute Gasteiger partial charge is 0.484 e. The third-order valence-electron chi connectivity index (χ3n) is 3.13. The fraction of sp³-hybridized carbons (Fsp3) is 0.133. The summed E-state index contributed by atoms with van der Waals surface area (Å²) in [6, 6.07) is 11.2. The molecule has 4 heteroatoms. The zero-order chi connectivity index (χ0) is 13.4. The summed E-state index contributed by atoms with van der Waals surface area (Å²) < 4.78 is 19.5. The van der Waals surface area contributed by atoms with Gasteiger partial charge in [0.2, 0.25) is 0 Å². The van der Waals surface area contributed by atoms with E-state index in [4.69, 9.17) is 16.3 Å². The molecule has 19 heavy (non-hydrogen) atoms. The van der Waals surface area contributed by atoms with Gasteiger partial charge in [0.1, 0.15) is 17.7 Å². The standard InChI is InChI=1S/C15H10ClFO2/c16-9-5-6-12(17)11(7-9)15-8-13(18)10-3-1-2-4-14(10)19-15/h1-7,15H,8H2. The molecule has 3 rings (SSSR count). The van der Waals surface area contributed by atoms with E-state index in [1.165, 1.54) is 18.2 Å². The molecule has 1 heterocycles. The van der Waals surface area contributed by atoms with E-state index < -0.39 is 11.9 Å². The van der Waals surface area contributed by atoms with Crippen LogP contribution in [-0.4, -0.2) is 5.78 Å². The van der Waals surface area contributed by atoms with Gasteiger partial charge < -0.3 is 4.74 Å². The second-order valence-corrected chi connectivity index (χ2v) is 4.83. The van der Waals surface area contributed by atoms with E-state index in [9.17, 15) is 9.18 Å². The van der Waals surface area contributed by atoms with Crippen molar-refractivity contribution < 1.29 is 13.9 Å². The fourth-order valence-corrected chi connectivity index (χ4v) is 2.39. The number of hydrogen-bond acceptors (Lipinski definition) is 2. The first-order valence-electron chi connectivity index (χ1n) is 5.89. The molecule has 0 bridgehead atoms. The van der Waals surface area contributed by atoms with E-state index in [0.717, 1.165) is 0 Å². The van der Waals surface area contributed by atoms with E-state index in [1.807, 2.05) is 0 Å². The third-order valence-corrected chi connectivity index (χ3v) is 3.37. The first-order valence-corrected chi connectivity index (χ1v) is 6.27. The summed E-state index contributed by atoms with van der Waals surface area (Å²) in [5, 5.41) is 0.423. The van der Waals surface area contributed by atoms with Crippen molar-refractivity contribution >= 4 is 17.4 Å². The number of ether oxygens (including phenoxy) is 1. The van der Waals surface area contributed by atoms with Gasteiger partial charge in [0.05, 0.1) is 12.0 Å². The van der Waals surface area contributed by atoms with Gasteiger partial charge in [0.25, 0.3) is 0 Å². The van der Waals surface area contributed by atoms with Crippen LogP contribution in [0.15, 0.2) is 42.5 Å². The third kappa shape index (κ3) is 2.22. The highest BCUT2D eigenvalue weighted by atomic mass is 35.5. The quantitative estimate of drug-likeness (QED) is 0.781. The lowest BCUT2D eigenvalue weighted by atomic mass is 9.96. The lowest BCUT2D eigenvalue weighted by Crippen LogP contribution is -2.21. The molecule has 0 fully saturated rings. The van der Waals surface area contributed by atoms with Gasteiger partial charge in [-0.3, -0.25) is 4.79 Å². The zero-order valence-electron chi connectivity index (χ0n) is 9.90. The molecule has 0 amide bonds. The monoisotopic (exact) mass is 276 g/mol. The molecule has 0 saturated heterocycles. The number of fused-ring (bicyclic) bond motifs is 1. The van der Waals surface area contributed by atoms with Crippen LogP contribution in [-0.2, 0) is 0 Å². The van der Waals surface area contributed by atoms with Gasteiger partial charge in [-0.15, -0.1) is 0 Å². The highest BCUT2D eigenvalue weighted by Crippen LogP contribution is 2.36. The van der Waals surface area contributed by atoms with Gasteiger partial charge in [-0.2, -0.15) is 0 Å². The average Bonchev–Trinajstić information content (AvgIpc) is 2.41. The highest BCUT2D eigenvalue weighted by Gasteiger charge is 2.29. The number of ketones is 1. The smallest absolute Gasteiger partial charge is 0.170 e. The number of Topliss-reactive ketones (excluding diaryl/α,β-unsaturated/α-hetero) is 1. The molecular formula is C15H10ClFO2. The van der Waals surface area contributed by atoms with E-state index >= 15 is 0 Å². The van der Waals surface area contributed by atoms with Crippen molar-refractivity contribution in [1.29, 1.82) is 0 Å². The van der Waals surface area contributed by atoms with Crippen LogP contribution in [0.5, 0.6) is 5.75 Å². The summed E-state index contributed by atoms with van der Waals surface area (Å²) in [6.45, 7) is 0. The molecule has 0 N–H and O–H groups in total. The minimum Gasteiger partial charge on any atom is -0.484 e. The Hall–Kier alpha value is -1.87. The molecule has 2 aromatic carbocycles. The Morgan fingerprint density at radius 2 is 2.00 bits per heavy atom. The van der Waals surface area contributed by atoms with E-state index in [1.54, 1.807) is 24.3 Å². The number of para-hydroxylation sites is 1. The molecule has 96 valence electrons. The maximum Gasteiger partial charge on any atom is 0.170 e. The first kappa shape index (κ1) is 12.2. The average molecular weight is 277 g/mol. The maximum atomic E-state index is 13.8. The van der Waals surface area contributed by atoms with Crippen LogP contribution in [0.2, 0.25) is 5.02 Å². The molecule has 0 saturated carbocycles. The van der Waals surface area contributed by atoms with E-state index in [0.29, 0.717) is 21.9 Å². The molecule has 2 nitrogen and oxygen atoms in total. The van der Waals surface area contributed by atoms with Crippen LogP contribution >= 0.6 is 11.6 Å². The molecule has 0 aromatic heterocycles. The summed E-state index contributed by atoms with van der Waals surface area (Å²) in [4.78, 5) is 12.0. The van der Waals surface area contributed by atoms with Crippen molar-refractivity contribution in [3.8, 4) is 5.75 Å². The van der Waals surface area contributed by atoms with Crippen molar-refractivity contribution in [3.05, 3.63) is 64.4 Å². The van der Waals surface area contributed by atoms with E-state index in [2.05, 4.69) is 0 Å². The summed E-state index contributed by atoms with van der Waals surface area (Å²) >= 11 is 5.87. The maximum absolute atomic E-state index is 13.8. The van der Waals surface area contributed by atoms with Gasteiger partial charge in [-0.05, 0) is 30.3 Å². The number of carbonyl (C=O) groups excluding carboxylic acids is 1. The molecule has 1 aliphatic rings. The summed E-state index contributed by atoms with van der Waals surface area (Å²) in [6.07, 6.45) is -0.505. The van der Waals surface area contributed by atoms with Crippen molar-refractivity contribution in [1.82, 2.24) is 0 Å². The van der Waals surface area contributed by atoms with Gasteiger partial charge in [-0.1, -0.05) is 23.7 Å². The van der Waals surface area contributed by atoms with Gasteiger partial charge in [0.15, 0.2) is 5.78 Å². The molecule has 2 aromatic rings. The van der Waals surface area contributed by atoms with Gasteiger partial charge >= 0.3 is 0 Å². The van der Waals surface area contributed by atoms with Gasteiger partial charge in [0, 0.05) is 10.6 Å². The van der Waals surface area contributed by atoms with Crippen molar-refractivity contribution in [2.75, 3.05) is 0 Å². The molecule has 1 unspecified atom stereocenters. The fourth-order valence-electron chi connectivity index (χ4n) is 2.21. The Morgan fingerprint density at radius 3 is 2.84 bits per heavy atom. The van der Waals surface area contributed by atoms with Crippen molar-refractivity contribution in [3.63, 3.8) is 0 Å². The molecule has 1 atom stereocenters. The SMILES string of the molecule is O=C1CC(c2cc(Cl)ccc2F)Oc2ccccc21. The topological polar surface area (TPSA) is 26.3 Å². The predicted molar refractivity (Wildman–Crippen MR) is 70.2 cm³/mol. The molecule has 0 aliphatic carbocycles. The molecule has 0 radical (unpaired) electrons. The Bertz CT molecular complexity index is 654. The zero-order valence-corrected chi connectivity index (χ0v) is 10.7. The number of rotatable bonds is 1. The van der Waals surface area contributed by atoms with Crippen LogP contribution in [0.3, 0.4) is 0 Å². The highest BCUT2D eigenvalue weighted by molar-refractivity contribution is 6.30. The second-order valence-electron chi connectivity index (χ2n) is 4.40. The normalized spacial score (nSPS) is 17.8. The summed E-state index contributed by atoms with van der Waals surface area (Å²) in [7, 11) is 0. The summed E-state index contributed by atoms with van der Waals surface area (Å²) in [5.41, 5.74) is 0.858. The molecule has 1 aliphatic heterocycles. The van der Waals surface area contributed by atoms with Crippen LogP contribution < -0.4 is 4.74 Å². The Labute approximate surface area is 114 Å².